The molecule has 0 spiro atoms. The maximum Gasteiger partial charge on any atom is 0.228 e. The van der Waals surface area contributed by atoms with Gasteiger partial charge in [0.25, 0.3) is 0 Å². The molecular formula is C13H17NOS2. The van der Waals surface area contributed by atoms with E-state index in [2.05, 4.69) is 0 Å². The third-order valence-electron chi connectivity index (χ3n) is 2.28. The lowest BCUT2D eigenvalue weighted by Crippen LogP contribution is -2.33. The molecule has 0 aromatic heterocycles. The molecule has 1 amide bonds. The van der Waals surface area contributed by atoms with E-state index in [1.807, 2.05) is 44.2 Å². The fraction of sp³-hybridized carbons (Fsp3) is 0.385. The summed E-state index contributed by atoms with van der Waals surface area (Å²) in [5.74, 6) is 0.973. The number of rotatable bonds is 4. The van der Waals surface area contributed by atoms with Crippen molar-refractivity contribution in [2.24, 2.45) is 0 Å². The standard InChI is InChI=1S/C13H17NOS2/c1-3-12(15)14(13(16)17-4-2)10-11-8-6-5-7-9-11/h5-9H,3-4,10H2,1-2H3. The summed E-state index contributed by atoms with van der Waals surface area (Å²) in [6, 6.07) is 9.93. The molecule has 1 aromatic rings. The number of carbonyl (C=O) groups is 1. The Morgan fingerprint density at radius 3 is 2.47 bits per heavy atom. The van der Waals surface area contributed by atoms with Gasteiger partial charge < -0.3 is 0 Å². The zero-order valence-electron chi connectivity index (χ0n) is 10.2. The van der Waals surface area contributed by atoms with Crippen LogP contribution in [0.25, 0.3) is 0 Å². The van der Waals surface area contributed by atoms with Gasteiger partial charge in [0.15, 0.2) is 0 Å². The molecule has 0 N–H and O–H groups in total. The minimum atomic E-state index is 0.0832. The molecule has 2 nitrogen and oxygen atoms in total. The minimum Gasteiger partial charge on any atom is -0.293 e. The van der Waals surface area contributed by atoms with E-state index in [1.165, 1.54) is 11.8 Å². The van der Waals surface area contributed by atoms with Gasteiger partial charge in [0, 0.05) is 6.42 Å². The van der Waals surface area contributed by atoms with Crippen LogP contribution in [0, 0.1) is 0 Å². The molecule has 1 aromatic carbocycles. The molecule has 17 heavy (non-hydrogen) atoms. The van der Waals surface area contributed by atoms with Crippen LogP contribution in [0.2, 0.25) is 0 Å². The number of amides is 1. The van der Waals surface area contributed by atoms with E-state index in [0.717, 1.165) is 11.3 Å². The first-order chi connectivity index (χ1) is 8.19. The van der Waals surface area contributed by atoms with Gasteiger partial charge in [0.2, 0.25) is 5.91 Å². The van der Waals surface area contributed by atoms with Gasteiger partial charge in [-0.25, -0.2) is 0 Å². The summed E-state index contributed by atoms with van der Waals surface area (Å²) in [6.07, 6.45) is 0.483. The first-order valence-corrected chi connectivity index (χ1v) is 7.09. The van der Waals surface area contributed by atoms with Crippen LogP contribution < -0.4 is 0 Å². The molecule has 92 valence electrons. The Morgan fingerprint density at radius 1 is 1.29 bits per heavy atom. The molecule has 0 unspecified atom stereocenters. The van der Waals surface area contributed by atoms with Crippen LogP contribution in [0.1, 0.15) is 25.8 Å². The number of carbonyl (C=O) groups excluding carboxylic acids is 1. The van der Waals surface area contributed by atoms with Crippen molar-refractivity contribution in [3.05, 3.63) is 35.9 Å². The highest BCUT2D eigenvalue weighted by Crippen LogP contribution is 2.14. The summed E-state index contributed by atoms with van der Waals surface area (Å²) in [5.41, 5.74) is 1.10. The second kappa shape index (κ2) is 7.45. The zero-order valence-corrected chi connectivity index (χ0v) is 11.8. The molecule has 0 fully saturated rings. The van der Waals surface area contributed by atoms with Crippen molar-refractivity contribution in [1.82, 2.24) is 4.90 Å². The van der Waals surface area contributed by atoms with Crippen molar-refractivity contribution >= 4 is 34.2 Å². The Balaban J connectivity index is 2.77. The van der Waals surface area contributed by atoms with E-state index in [1.54, 1.807) is 4.90 Å². The Labute approximate surface area is 112 Å². The molecule has 1 rings (SSSR count). The third kappa shape index (κ3) is 4.48. The molecular weight excluding hydrogens is 250 g/mol. The van der Waals surface area contributed by atoms with Gasteiger partial charge in [-0.05, 0) is 11.3 Å². The summed E-state index contributed by atoms with van der Waals surface area (Å²) in [7, 11) is 0. The molecule has 0 bridgehead atoms. The van der Waals surface area contributed by atoms with Gasteiger partial charge in [0.05, 0.1) is 6.54 Å². The average molecular weight is 267 g/mol. The Hall–Kier alpha value is -0.870. The van der Waals surface area contributed by atoms with E-state index in [9.17, 15) is 4.79 Å². The molecule has 0 aliphatic carbocycles. The van der Waals surface area contributed by atoms with Gasteiger partial charge in [-0.15, -0.1) is 0 Å². The van der Waals surface area contributed by atoms with Gasteiger partial charge in [-0.1, -0.05) is 68.2 Å². The number of thiocarbonyl (C=S) groups is 1. The van der Waals surface area contributed by atoms with Gasteiger partial charge in [-0.2, -0.15) is 0 Å². The van der Waals surface area contributed by atoms with Crippen LogP contribution in [0.4, 0.5) is 0 Å². The van der Waals surface area contributed by atoms with Crippen LogP contribution in [0.5, 0.6) is 0 Å². The van der Waals surface area contributed by atoms with E-state index < -0.39 is 0 Å². The second-order valence-corrected chi connectivity index (χ2v) is 5.42. The van der Waals surface area contributed by atoms with Crippen LogP contribution in [-0.2, 0) is 11.3 Å². The van der Waals surface area contributed by atoms with E-state index in [0.29, 0.717) is 17.3 Å². The molecule has 4 heteroatoms. The van der Waals surface area contributed by atoms with E-state index >= 15 is 0 Å². The summed E-state index contributed by atoms with van der Waals surface area (Å²) in [4.78, 5) is 13.6. The summed E-state index contributed by atoms with van der Waals surface area (Å²) < 4.78 is 0.670. The quantitative estimate of drug-likeness (QED) is 0.779. The largest absolute Gasteiger partial charge is 0.293 e. The number of thioether (sulfide) groups is 1. The fourth-order valence-corrected chi connectivity index (χ4v) is 2.50. The number of hydrogen-bond donors (Lipinski definition) is 0. The van der Waals surface area contributed by atoms with Crippen LogP contribution in [0.15, 0.2) is 30.3 Å². The van der Waals surface area contributed by atoms with Crippen molar-refractivity contribution < 1.29 is 4.79 Å². The highest BCUT2D eigenvalue weighted by molar-refractivity contribution is 8.22. The van der Waals surface area contributed by atoms with E-state index in [-0.39, 0.29) is 5.91 Å². The van der Waals surface area contributed by atoms with Crippen molar-refractivity contribution in [2.75, 3.05) is 5.75 Å². The fourth-order valence-electron chi connectivity index (χ4n) is 1.41. The second-order valence-electron chi connectivity index (χ2n) is 3.52. The highest BCUT2D eigenvalue weighted by atomic mass is 32.2. The van der Waals surface area contributed by atoms with Gasteiger partial charge in [-0.3, -0.25) is 9.69 Å². The van der Waals surface area contributed by atoms with Crippen LogP contribution in [0.3, 0.4) is 0 Å². The predicted octanol–water partition coefficient (Wildman–Crippen LogP) is 3.46. The average Bonchev–Trinajstić information content (AvgIpc) is 2.36. The predicted molar refractivity (Wildman–Crippen MR) is 78.0 cm³/mol. The maximum absolute atomic E-state index is 11.9. The third-order valence-corrected chi connectivity index (χ3v) is 3.61. The molecule has 0 aliphatic heterocycles. The number of benzene rings is 1. The number of hydrogen-bond acceptors (Lipinski definition) is 3. The topological polar surface area (TPSA) is 20.3 Å². The van der Waals surface area contributed by atoms with Gasteiger partial charge >= 0.3 is 0 Å². The zero-order chi connectivity index (χ0) is 12.7. The SMILES string of the molecule is CCSC(=S)N(Cc1ccccc1)C(=O)CC. The first-order valence-electron chi connectivity index (χ1n) is 5.70. The Kier molecular flexibility index (Phi) is 6.22. The smallest absolute Gasteiger partial charge is 0.228 e. The maximum atomic E-state index is 11.9. The normalized spacial score (nSPS) is 10.0. The molecule has 0 saturated heterocycles. The van der Waals surface area contributed by atoms with Crippen molar-refractivity contribution in [2.45, 2.75) is 26.8 Å². The molecule has 0 heterocycles. The lowest BCUT2D eigenvalue weighted by Gasteiger charge is -2.22. The summed E-state index contributed by atoms with van der Waals surface area (Å²) in [5, 5.41) is 0. The van der Waals surface area contributed by atoms with Crippen LogP contribution >= 0.6 is 24.0 Å². The Bertz CT molecular complexity index is 378. The van der Waals surface area contributed by atoms with Crippen molar-refractivity contribution in [3.63, 3.8) is 0 Å². The minimum absolute atomic E-state index is 0.0832. The molecule has 0 atom stereocenters. The van der Waals surface area contributed by atoms with Crippen molar-refractivity contribution in [3.8, 4) is 0 Å². The molecule has 0 aliphatic rings. The van der Waals surface area contributed by atoms with Crippen molar-refractivity contribution in [1.29, 1.82) is 0 Å². The summed E-state index contributed by atoms with van der Waals surface area (Å²) in [6.45, 7) is 4.47. The lowest BCUT2D eigenvalue weighted by molar-refractivity contribution is -0.127. The number of nitrogens with zero attached hydrogens (tertiary/aromatic N) is 1. The highest BCUT2D eigenvalue weighted by Gasteiger charge is 2.16. The Morgan fingerprint density at radius 2 is 1.94 bits per heavy atom. The first kappa shape index (κ1) is 14.2. The summed E-state index contributed by atoms with van der Waals surface area (Å²) >= 11 is 6.82. The molecule has 0 radical (unpaired) electrons. The monoisotopic (exact) mass is 267 g/mol. The van der Waals surface area contributed by atoms with Gasteiger partial charge in [0.1, 0.15) is 4.32 Å². The van der Waals surface area contributed by atoms with E-state index in [4.69, 9.17) is 12.2 Å². The molecule has 0 saturated carbocycles. The lowest BCUT2D eigenvalue weighted by atomic mass is 10.2. The van der Waals surface area contributed by atoms with Crippen LogP contribution in [-0.4, -0.2) is 20.9 Å².